The molecule has 0 unspecified atom stereocenters. The third kappa shape index (κ3) is 4.61. The van der Waals surface area contributed by atoms with Crippen molar-refractivity contribution in [1.82, 2.24) is 4.98 Å². The van der Waals surface area contributed by atoms with Crippen LogP contribution >= 0.6 is 0 Å². The van der Waals surface area contributed by atoms with E-state index in [2.05, 4.69) is 21.9 Å². The predicted octanol–water partition coefficient (Wildman–Crippen LogP) is 4.38. The van der Waals surface area contributed by atoms with Crippen molar-refractivity contribution in [3.05, 3.63) is 54.7 Å². The zero-order valence-corrected chi connectivity index (χ0v) is 13.7. The number of carbonyl (C=O) groups excluding carboxylic acids is 1. The van der Waals surface area contributed by atoms with Crippen molar-refractivity contribution in [3.8, 4) is 11.1 Å². The number of nitrogen functional groups attached to an aromatic ring is 1. The summed E-state index contributed by atoms with van der Waals surface area (Å²) in [5.41, 5.74) is 9.86. The van der Waals surface area contributed by atoms with Gasteiger partial charge in [0, 0.05) is 22.8 Å². The second-order valence-electron chi connectivity index (χ2n) is 6.20. The lowest BCUT2D eigenvalue weighted by atomic mass is 10.0. The smallest absolute Gasteiger partial charge is 0.293 e. The minimum absolute atomic E-state index is 0.318. The maximum atomic E-state index is 9.60. The molecule has 2 aromatic carbocycles. The van der Waals surface area contributed by atoms with Crippen molar-refractivity contribution in [2.24, 2.45) is 0 Å². The van der Waals surface area contributed by atoms with Gasteiger partial charge in [0.05, 0.1) is 5.52 Å². The van der Waals surface area contributed by atoms with E-state index in [0.717, 1.165) is 22.2 Å². The number of benzene rings is 2. The topological polar surface area (TPSA) is 68.1 Å². The molecule has 0 spiro atoms. The van der Waals surface area contributed by atoms with Crippen LogP contribution in [0.3, 0.4) is 0 Å². The van der Waals surface area contributed by atoms with Crippen LogP contribution in [0.1, 0.15) is 20.8 Å². The van der Waals surface area contributed by atoms with Gasteiger partial charge in [-0.05, 0) is 44.5 Å². The summed E-state index contributed by atoms with van der Waals surface area (Å²) < 4.78 is 4.55. The Morgan fingerprint density at radius 1 is 1.09 bits per heavy atom. The lowest BCUT2D eigenvalue weighted by Gasteiger charge is -2.14. The van der Waals surface area contributed by atoms with Crippen molar-refractivity contribution >= 4 is 23.1 Å². The van der Waals surface area contributed by atoms with Crippen molar-refractivity contribution in [2.75, 3.05) is 5.73 Å². The first kappa shape index (κ1) is 16.6. The summed E-state index contributed by atoms with van der Waals surface area (Å²) in [7, 11) is 0. The van der Waals surface area contributed by atoms with Gasteiger partial charge in [-0.3, -0.25) is 4.79 Å². The SMILES string of the molecule is CC(C)(C)OC=O.Nc1cc(-c2ccccc2)c2[nH]ccc2c1. The standard InChI is InChI=1S/C14H12N2.C5H10O2/c15-12-8-11-6-7-16-14(11)13(9-12)10-4-2-1-3-5-10;1-5(2,3)7-4-6/h1-9,16H,15H2;4H,1-3H3. The Morgan fingerprint density at radius 2 is 1.78 bits per heavy atom. The van der Waals surface area contributed by atoms with Crippen LogP contribution in [0.15, 0.2) is 54.7 Å². The molecule has 3 aromatic rings. The first-order chi connectivity index (χ1) is 10.9. The van der Waals surface area contributed by atoms with E-state index in [1.54, 1.807) is 0 Å². The van der Waals surface area contributed by atoms with Crippen LogP contribution < -0.4 is 5.73 Å². The second kappa shape index (κ2) is 7.01. The van der Waals surface area contributed by atoms with Gasteiger partial charge in [-0.25, -0.2) is 0 Å². The van der Waals surface area contributed by atoms with E-state index in [1.807, 2.05) is 63.4 Å². The first-order valence-electron chi connectivity index (χ1n) is 7.44. The lowest BCUT2D eigenvalue weighted by molar-refractivity contribution is -0.138. The zero-order chi connectivity index (χ0) is 16.9. The van der Waals surface area contributed by atoms with Gasteiger partial charge >= 0.3 is 0 Å². The van der Waals surface area contributed by atoms with Crippen LogP contribution in [-0.2, 0) is 9.53 Å². The maximum absolute atomic E-state index is 9.60. The Hall–Kier alpha value is -2.75. The molecule has 23 heavy (non-hydrogen) atoms. The van der Waals surface area contributed by atoms with E-state index >= 15 is 0 Å². The van der Waals surface area contributed by atoms with Gasteiger partial charge < -0.3 is 15.5 Å². The minimum Gasteiger partial charge on any atom is -0.462 e. The molecule has 0 fully saturated rings. The van der Waals surface area contributed by atoms with E-state index in [-0.39, 0.29) is 5.60 Å². The Balaban J connectivity index is 0.000000236. The molecule has 0 aliphatic carbocycles. The highest BCUT2D eigenvalue weighted by molar-refractivity contribution is 5.96. The summed E-state index contributed by atoms with van der Waals surface area (Å²) in [6.45, 7) is 5.92. The zero-order valence-electron chi connectivity index (χ0n) is 13.7. The number of anilines is 1. The number of aromatic nitrogens is 1. The van der Waals surface area contributed by atoms with Crippen molar-refractivity contribution in [3.63, 3.8) is 0 Å². The molecule has 0 saturated carbocycles. The fourth-order valence-electron chi connectivity index (χ4n) is 2.18. The number of hydrogen-bond donors (Lipinski definition) is 2. The molecule has 3 rings (SSSR count). The summed E-state index contributed by atoms with van der Waals surface area (Å²) >= 11 is 0. The van der Waals surface area contributed by atoms with E-state index in [9.17, 15) is 4.79 Å². The quantitative estimate of drug-likeness (QED) is 0.545. The third-order valence-corrected chi connectivity index (χ3v) is 3.17. The van der Waals surface area contributed by atoms with Crippen LogP contribution in [0.4, 0.5) is 5.69 Å². The van der Waals surface area contributed by atoms with E-state index in [4.69, 9.17) is 5.73 Å². The summed E-state index contributed by atoms with van der Waals surface area (Å²) in [6.07, 6.45) is 1.94. The van der Waals surface area contributed by atoms with Gasteiger partial charge in [-0.2, -0.15) is 0 Å². The van der Waals surface area contributed by atoms with Gasteiger partial charge in [0.15, 0.2) is 0 Å². The Kier molecular flexibility index (Phi) is 5.06. The summed E-state index contributed by atoms with van der Waals surface area (Å²) in [4.78, 5) is 12.9. The number of rotatable bonds is 2. The number of hydrogen-bond acceptors (Lipinski definition) is 3. The molecule has 4 nitrogen and oxygen atoms in total. The molecule has 3 N–H and O–H groups in total. The normalized spacial score (nSPS) is 10.7. The average Bonchev–Trinajstić information content (AvgIpc) is 2.95. The Morgan fingerprint density at radius 3 is 2.35 bits per heavy atom. The highest BCUT2D eigenvalue weighted by atomic mass is 16.5. The van der Waals surface area contributed by atoms with Crippen LogP contribution in [0.25, 0.3) is 22.0 Å². The molecule has 120 valence electrons. The third-order valence-electron chi connectivity index (χ3n) is 3.17. The van der Waals surface area contributed by atoms with Crippen LogP contribution in [0.5, 0.6) is 0 Å². The Bertz CT molecular complexity index is 771. The van der Waals surface area contributed by atoms with Crippen molar-refractivity contribution in [2.45, 2.75) is 26.4 Å². The molecule has 4 heteroatoms. The molecular formula is C19H22N2O2. The van der Waals surface area contributed by atoms with Gasteiger partial charge in [-0.15, -0.1) is 0 Å². The molecule has 0 aliphatic rings. The molecule has 1 aromatic heterocycles. The molecule has 0 atom stereocenters. The van der Waals surface area contributed by atoms with Crippen LogP contribution in [0, 0.1) is 0 Å². The molecular weight excluding hydrogens is 288 g/mol. The summed E-state index contributed by atoms with van der Waals surface area (Å²) in [6, 6.07) is 16.3. The van der Waals surface area contributed by atoms with Gasteiger partial charge in [0.1, 0.15) is 5.60 Å². The molecule has 0 saturated heterocycles. The van der Waals surface area contributed by atoms with E-state index in [0.29, 0.717) is 6.47 Å². The molecule has 0 bridgehead atoms. The number of H-pyrrole nitrogens is 1. The van der Waals surface area contributed by atoms with Crippen molar-refractivity contribution < 1.29 is 9.53 Å². The fraction of sp³-hybridized carbons (Fsp3) is 0.211. The second-order valence-corrected chi connectivity index (χ2v) is 6.20. The largest absolute Gasteiger partial charge is 0.462 e. The number of nitrogens with one attached hydrogen (secondary N) is 1. The van der Waals surface area contributed by atoms with Crippen LogP contribution in [-0.4, -0.2) is 17.1 Å². The molecule has 0 aliphatic heterocycles. The van der Waals surface area contributed by atoms with E-state index in [1.165, 1.54) is 5.56 Å². The minimum atomic E-state index is -0.318. The summed E-state index contributed by atoms with van der Waals surface area (Å²) in [5, 5.41) is 1.15. The number of ether oxygens (including phenoxy) is 1. The molecule has 0 amide bonds. The number of fused-ring (bicyclic) bond motifs is 1. The molecule has 0 radical (unpaired) electrons. The fourth-order valence-corrected chi connectivity index (χ4v) is 2.18. The highest BCUT2D eigenvalue weighted by Crippen LogP contribution is 2.29. The Labute approximate surface area is 136 Å². The highest BCUT2D eigenvalue weighted by Gasteiger charge is 2.07. The van der Waals surface area contributed by atoms with Gasteiger partial charge in [0.2, 0.25) is 0 Å². The van der Waals surface area contributed by atoms with E-state index < -0.39 is 0 Å². The van der Waals surface area contributed by atoms with Crippen molar-refractivity contribution in [1.29, 1.82) is 0 Å². The lowest BCUT2D eigenvalue weighted by Crippen LogP contribution is -2.17. The monoisotopic (exact) mass is 310 g/mol. The maximum Gasteiger partial charge on any atom is 0.293 e. The summed E-state index contributed by atoms with van der Waals surface area (Å²) in [5.74, 6) is 0. The number of aromatic amines is 1. The average molecular weight is 310 g/mol. The van der Waals surface area contributed by atoms with Gasteiger partial charge in [-0.1, -0.05) is 30.3 Å². The first-order valence-corrected chi connectivity index (χ1v) is 7.44. The molecule has 1 heterocycles. The number of nitrogens with two attached hydrogens (primary N) is 1. The van der Waals surface area contributed by atoms with Crippen LogP contribution in [0.2, 0.25) is 0 Å². The van der Waals surface area contributed by atoms with Gasteiger partial charge in [0.25, 0.3) is 6.47 Å². The predicted molar refractivity (Wildman–Crippen MR) is 95.0 cm³/mol. The number of carbonyl (C=O) groups is 1.